The minimum absolute atomic E-state index is 0.737. The summed E-state index contributed by atoms with van der Waals surface area (Å²) < 4.78 is 0. The molecule has 1 heteroatoms. The molecule has 1 fully saturated rings. The Labute approximate surface area is 130 Å². The van der Waals surface area contributed by atoms with Gasteiger partial charge in [-0.15, -0.1) is 0 Å². The van der Waals surface area contributed by atoms with E-state index in [1.165, 1.54) is 32.1 Å². The van der Waals surface area contributed by atoms with E-state index < -0.39 is 0 Å². The van der Waals surface area contributed by atoms with Crippen LogP contribution in [-0.2, 0) is 6.42 Å². The number of benzene rings is 1. The number of rotatable bonds is 7. The molecule has 0 amide bonds. The van der Waals surface area contributed by atoms with E-state index in [4.69, 9.17) is 0 Å². The Morgan fingerprint density at radius 1 is 1.14 bits per heavy atom. The van der Waals surface area contributed by atoms with E-state index >= 15 is 0 Å². The van der Waals surface area contributed by atoms with Crippen molar-refractivity contribution in [3.8, 4) is 0 Å². The fourth-order valence-corrected chi connectivity index (χ4v) is 4.79. The summed E-state index contributed by atoms with van der Waals surface area (Å²) in [6.45, 7) is 8.08. The van der Waals surface area contributed by atoms with Gasteiger partial charge in [-0.05, 0) is 60.6 Å². The largest absolute Gasteiger partial charge is 0.314 e. The van der Waals surface area contributed by atoms with Crippen molar-refractivity contribution in [3.05, 3.63) is 35.4 Å². The molecule has 21 heavy (non-hydrogen) atoms. The maximum Gasteiger partial charge on any atom is 0.0107 e. The van der Waals surface area contributed by atoms with Gasteiger partial charge in [0.15, 0.2) is 0 Å². The minimum Gasteiger partial charge on any atom is -0.314 e. The van der Waals surface area contributed by atoms with Crippen LogP contribution in [0.25, 0.3) is 0 Å². The first-order chi connectivity index (χ1) is 10.3. The topological polar surface area (TPSA) is 12.0 Å². The first kappa shape index (κ1) is 15.1. The lowest BCUT2D eigenvalue weighted by atomic mass is 9.90. The number of nitrogens with one attached hydrogen (secondary N) is 1. The molecule has 2 aliphatic carbocycles. The van der Waals surface area contributed by atoms with Crippen LogP contribution < -0.4 is 5.32 Å². The van der Waals surface area contributed by atoms with Gasteiger partial charge >= 0.3 is 0 Å². The van der Waals surface area contributed by atoms with Crippen molar-refractivity contribution in [1.82, 2.24) is 5.32 Å². The van der Waals surface area contributed by atoms with Crippen LogP contribution >= 0.6 is 0 Å². The number of aryl methyl sites for hydroxylation is 1. The highest BCUT2D eigenvalue weighted by Crippen LogP contribution is 2.61. The molecule has 0 spiro atoms. The number of hydrogen-bond acceptors (Lipinski definition) is 1. The fourth-order valence-electron chi connectivity index (χ4n) is 4.79. The smallest absolute Gasteiger partial charge is 0.0107 e. The summed E-state index contributed by atoms with van der Waals surface area (Å²) in [7, 11) is 0. The number of fused-ring (bicyclic) bond motifs is 3. The second-order valence-corrected chi connectivity index (χ2v) is 7.09. The Kier molecular flexibility index (Phi) is 4.69. The van der Waals surface area contributed by atoms with Crippen LogP contribution in [0, 0.1) is 17.8 Å². The van der Waals surface area contributed by atoms with Crippen molar-refractivity contribution in [3.63, 3.8) is 0 Å². The first-order valence-electron chi connectivity index (χ1n) is 9.11. The van der Waals surface area contributed by atoms with E-state index in [0.29, 0.717) is 0 Å². The quantitative estimate of drug-likeness (QED) is 0.761. The van der Waals surface area contributed by atoms with Gasteiger partial charge < -0.3 is 5.32 Å². The van der Waals surface area contributed by atoms with Crippen molar-refractivity contribution in [1.29, 1.82) is 0 Å². The van der Waals surface area contributed by atoms with E-state index in [-0.39, 0.29) is 0 Å². The second kappa shape index (κ2) is 6.52. The molecule has 0 heterocycles. The van der Waals surface area contributed by atoms with E-state index in [1.807, 2.05) is 0 Å². The standard InChI is InChI=1S/C20H31N/c1-4-14(5-2)13-18(21-6-3)20-17-12-11-15-9-7-8-10-16(15)19(17)20/h7-10,14,17-21H,4-6,11-13H2,1-3H3. The molecule has 1 aromatic rings. The van der Waals surface area contributed by atoms with Crippen LogP contribution in [0.5, 0.6) is 0 Å². The van der Waals surface area contributed by atoms with Crippen LogP contribution in [0.15, 0.2) is 24.3 Å². The molecule has 0 aliphatic heterocycles. The highest BCUT2D eigenvalue weighted by Gasteiger charge is 2.55. The summed E-state index contributed by atoms with van der Waals surface area (Å²) >= 11 is 0. The Morgan fingerprint density at radius 3 is 2.62 bits per heavy atom. The highest BCUT2D eigenvalue weighted by molar-refractivity contribution is 5.40. The molecule has 4 atom stereocenters. The molecular formula is C20H31N. The zero-order valence-corrected chi connectivity index (χ0v) is 13.9. The van der Waals surface area contributed by atoms with E-state index in [2.05, 4.69) is 50.4 Å². The molecule has 0 radical (unpaired) electrons. The van der Waals surface area contributed by atoms with Gasteiger partial charge in [0.1, 0.15) is 0 Å². The van der Waals surface area contributed by atoms with Gasteiger partial charge in [0, 0.05) is 6.04 Å². The lowest BCUT2D eigenvalue weighted by Crippen LogP contribution is -2.34. The molecule has 3 rings (SSSR count). The first-order valence-corrected chi connectivity index (χ1v) is 9.11. The third-order valence-corrected chi connectivity index (χ3v) is 6.06. The molecular weight excluding hydrogens is 254 g/mol. The molecule has 2 aliphatic rings. The lowest BCUT2D eigenvalue weighted by Gasteiger charge is -2.23. The van der Waals surface area contributed by atoms with Crippen LogP contribution in [0.3, 0.4) is 0 Å². The van der Waals surface area contributed by atoms with Crippen molar-refractivity contribution in [2.24, 2.45) is 17.8 Å². The summed E-state index contributed by atoms with van der Waals surface area (Å²) in [5.74, 6) is 3.60. The Morgan fingerprint density at radius 2 is 1.90 bits per heavy atom. The summed E-state index contributed by atoms with van der Waals surface area (Å²) in [5, 5.41) is 3.83. The molecule has 1 aromatic carbocycles. The van der Waals surface area contributed by atoms with Crippen molar-refractivity contribution < 1.29 is 0 Å². The zero-order valence-electron chi connectivity index (χ0n) is 13.9. The van der Waals surface area contributed by atoms with Gasteiger partial charge in [-0.3, -0.25) is 0 Å². The maximum absolute atomic E-state index is 3.83. The van der Waals surface area contributed by atoms with Crippen molar-refractivity contribution >= 4 is 0 Å². The Hall–Kier alpha value is -0.820. The molecule has 0 bridgehead atoms. The maximum atomic E-state index is 3.83. The van der Waals surface area contributed by atoms with Gasteiger partial charge in [-0.1, -0.05) is 57.9 Å². The highest BCUT2D eigenvalue weighted by atomic mass is 14.9. The normalized spacial score (nSPS) is 28.1. The molecule has 116 valence electrons. The van der Waals surface area contributed by atoms with Crippen LogP contribution in [0.1, 0.15) is 63.5 Å². The zero-order chi connectivity index (χ0) is 14.8. The third kappa shape index (κ3) is 2.90. The van der Waals surface area contributed by atoms with E-state index in [9.17, 15) is 0 Å². The molecule has 1 saturated carbocycles. The lowest BCUT2D eigenvalue weighted by molar-refractivity contribution is 0.332. The average Bonchev–Trinajstić information content (AvgIpc) is 3.26. The Balaban J connectivity index is 1.74. The fraction of sp³-hybridized carbons (Fsp3) is 0.700. The minimum atomic E-state index is 0.737. The Bertz CT molecular complexity index is 463. The third-order valence-electron chi connectivity index (χ3n) is 6.06. The van der Waals surface area contributed by atoms with Gasteiger partial charge in [0.2, 0.25) is 0 Å². The molecule has 4 unspecified atom stereocenters. The monoisotopic (exact) mass is 285 g/mol. The summed E-state index contributed by atoms with van der Waals surface area (Å²) in [4.78, 5) is 0. The van der Waals surface area contributed by atoms with Crippen LogP contribution in [0.4, 0.5) is 0 Å². The SMILES string of the molecule is CCNC(CC(CC)CC)C1C2CCc3ccccc3C21. The van der Waals surface area contributed by atoms with Crippen LogP contribution in [0.2, 0.25) is 0 Å². The summed E-state index contributed by atoms with van der Waals surface area (Å²) in [5.41, 5.74) is 3.30. The van der Waals surface area contributed by atoms with Gasteiger partial charge in [0.25, 0.3) is 0 Å². The van der Waals surface area contributed by atoms with Gasteiger partial charge in [0.05, 0.1) is 0 Å². The average molecular weight is 285 g/mol. The molecule has 0 saturated heterocycles. The van der Waals surface area contributed by atoms with Gasteiger partial charge in [-0.25, -0.2) is 0 Å². The van der Waals surface area contributed by atoms with Crippen LogP contribution in [-0.4, -0.2) is 12.6 Å². The second-order valence-electron chi connectivity index (χ2n) is 7.09. The van der Waals surface area contributed by atoms with E-state index in [1.54, 1.807) is 11.1 Å². The predicted molar refractivity (Wildman–Crippen MR) is 90.6 cm³/mol. The van der Waals surface area contributed by atoms with Crippen molar-refractivity contribution in [2.45, 2.75) is 64.8 Å². The summed E-state index contributed by atoms with van der Waals surface area (Å²) in [6.07, 6.45) is 6.75. The number of hydrogen-bond donors (Lipinski definition) is 1. The van der Waals surface area contributed by atoms with Gasteiger partial charge in [-0.2, -0.15) is 0 Å². The molecule has 0 aromatic heterocycles. The van der Waals surface area contributed by atoms with Crippen molar-refractivity contribution in [2.75, 3.05) is 6.54 Å². The molecule has 1 N–H and O–H groups in total. The predicted octanol–water partition coefficient (Wildman–Crippen LogP) is 4.77. The molecule has 1 nitrogen and oxygen atoms in total. The van der Waals surface area contributed by atoms with E-state index in [0.717, 1.165) is 36.3 Å². The summed E-state index contributed by atoms with van der Waals surface area (Å²) in [6, 6.07) is 9.93.